The zero-order valence-corrected chi connectivity index (χ0v) is 9.54. The first kappa shape index (κ1) is 11.0. The van der Waals surface area contributed by atoms with E-state index >= 15 is 0 Å². The number of hydrazine groups is 1. The maximum Gasteiger partial charge on any atom is 0.0488 e. The molecule has 2 aromatic rings. The van der Waals surface area contributed by atoms with Crippen LogP contribution in [0, 0.1) is 0 Å². The van der Waals surface area contributed by atoms with Crippen LogP contribution in [-0.2, 0) is 6.54 Å². The SMILES string of the molecule is Clc1ccc(NNCc2ccccc2)cc1. The molecule has 2 nitrogen and oxygen atoms in total. The third-order valence-corrected chi connectivity index (χ3v) is 2.46. The minimum atomic E-state index is 0.744. The Morgan fingerprint density at radius 3 is 2.25 bits per heavy atom. The molecule has 16 heavy (non-hydrogen) atoms. The Kier molecular flexibility index (Phi) is 3.81. The van der Waals surface area contributed by atoms with Crippen LogP contribution >= 0.6 is 11.6 Å². The fraction of sp³-hybridized carbons (Fsp3) is 0.0769. The first-order valence-corrected chi connectivity index (χ1v) is 5.51. The van der Waals surface area contributed by atoms with Gasteiger partial charge in [-0.2, -0.15) is 0 Å². The highest BCUT2D eigenvalue weighted by Gasteiger charge is 1.92. The number of benzene rings is 2. The fourth-order valence-corrected chi connectivity index (χ4v) is 1.50. The van der Waals surface area contributed by atoms with E-state index in [1.165, 1.54) is 5.56 Å². The van der Waals surface area contributed by atoms with Crippen LogP contribution in [0.1, 0.15) is 5.56 Å². The average molecular weight is 233 g/mol. The van der Waals surface area contributed by atoms with Crippen molar-refractivity contribution in [3.05, 3.63) is 65.2 Å². The zero-order valence-electron chi connectivity index (χ0n) is 8.78. The van der Waals surface area contributed by atoms with Gasteiger partial charge in [0.15, 0.2) is 0 Å². The normalized spacial score (nSPS) is 10.1. The lowest BCUT2D eigenvalue weighted by Crippen LogP contribution is -2.20. The molecule has 3 heteroatoms. The molecule has 82 valence electrons. The Labute approximate surface area is 100 Å². The predicted molar refractivity (Wildman–Crippen MR) is 68.4 cm³/mol. The Morgan fingerprint density at radius 1 is 0.875 bits per heavy atom. The van der Waals surface area contributed by atoms with Crippen LogP contribution in [0.3, 0.4) is 0 Å². The highest BCUT2D eigenvalue weighted by atomic mass is 35.5. The molecule has 0 bridgehead atoms. The molecule has 0 unspecified atom stereocenters. The van der Waals surface area contributed by atoms with Gasteiger partial charge in [-0.15, -0.1) is 0 Å². The minimum absolute atomic E-state index is 0.744. The molecule has 0 spiro atoms. The molecule has 0 aromatic heterocycles. The van der Waals surface area contributed by atoms with Crippen molar-refractivity contribution >= 4 is 17.3 Å². The second-order valence-corrected chi connectivity index (χ2v) is 3.91. The topological polar surface area (TPSA) is 24.1 Å². The maximum absolute atomic E-state index is 5.79. The van der Waals surface area contributed by atoms with Gasteiger partial charge in [-0.25, -0.2) is 5.43 Å². The highest BCUT2D eigenvalue weighted by Crippen LogP contribution is 2.12. The van der Waals surface area contributed by atoms with Crippen molar-refractivity contribution in [2.24, 2.45) is 0 Å². The zero-order chi connectivity index (χ0) is 11.2. The van der Waals surface area contributed by atoms with Gasteiger partial charge in [-0.3, -0.25) is 0 Å². The van der Waals surface area contributed by atoms with Crippen molar-refractivity contribution in [2.45, 2.75) is 6.54 Å². The van der Waals surface area contributed by atoms with Gasteiger partial charge in [0.1, 0.15) is 0 Å². The molecule has 0 saturated carbocycles. The monoisotopic (exact) mass is 232 g/mol. The number of hydrogen-bond acceptors (Lipinski definition) is 2. The molecule has 0 aliphatic carbocycles. The van der Waals surface area contributed by atoms with Gasteiger partial charge >= 0.3 is 0 Å². The van der Waals surface area contributed by atoms with Crippen molar-refractivity contribution in [3.63, 3.8) is 0 Å². The number of halogens is 1. The summed E-state index contributed by atoms with van der Waals surface area (Å²) in [5.41, 5.74) is 8.50. The maximum atomic E-state index is 5.79. The third kappa shape index (κ3) is 3.26. The van der Waals surface area contributed by atoms with Gasteiger partial charge < -0.3 is 5.43 Å². The molecule has 0 radical (unpaired) electrons. The molecule has 0 amide bonds. The van der Waals surface area contributed by atoms with E-state index in [1.807, 2.05) is 42.5 Å². The van der Waals surface area contributed by atoms with Crippen LogP contribution in [-0.4, -0.2) is 0 Å². The van der Waals surface area contributed by atoms with Crippen molar-refractivity contribution < 1.29 is 0 Å². The lowest BCUT2D eigenvalue weighted by Gasteiger charge is -2.08. The summed E-state index contributed by atoms with van der Waals surface area (Å²) in [4.78, 5) is 0. The van der Waals surface area contributed by atoms with Crippen LogP contribution in [0.5, 0.6) is 0 Å². The van der Waals surface area contributed by atoms with Crippen molar-refractivity contribution in [1.29, 1.82) is 0 Å². The van der Waals surface area contributed by atoms with Crippen molar-refractivity contribution in [2.75, 3.05) is 5.43 Å². The average Bonchev–Trinajstić information content (AvgIpc) is 2.33. The summed E-state index contributed by atoms with van der Waals surface area (Å²) in [6, 6.07) is 17.8. The van der Waals surface area contributed by atoms with E-state index in [2.05, 4.69) is 23.0 Å². The van der Waals surface area contributed by atoms with Gasteiger partial charge in [0.05, 0.1) is 0 Å². The Balaban J connectivity index is 1.82. The van der Waals surface area contributed by atoms with Crippen molar-refractivity contribution in [1.82, 2.24) is 5.43 Å². The molecule has 0 aliphatic heterocycles. The summed E-state index contributed by atoms with van der Waals surface area (Å²) in [6.07, 6.45) is 0. The summed E-state index contributed by atoms with van der Waals surface area (Å²) in [5, 5.41) is 0.744. The van der Waals surface area contributed by atoms with Gasteiger partial charge in [0.2, 0.25) is 0 Å². The summed E-state index contributed by atoms with van der Waals surface area (Å²) in [7, 11) is 0. The Bertz CT molecular complexity index is 425. The van der Waals surface area contributed by atoms with E-state index in [1.54, 1.807) is 0 Å². The first-order valence-electron chi connectivity index (χ1n) is 5.13. The van der Waals surface area contributed by atoms with E-state index in [0.717, 1.165) is 17.3 Å². The van der Waals surface area contributed by atoms with E-state index in [9.17, 15) is 0 Å². The summed E-state index contributed by atoms with van der Waals surface area (Å²) in [6.45, 7) is 0.781. The molecule has 0 atom stereocenters. The van der Waals surface area contributed by atoms with Gasteiger partial charge in [-0.1, -0.05) is 41.9 Å². The lowest BCUT2D eigenvalue weighted by atomic mass is 10.2. The fourth-order valence-electron chi connectivity index (χ4n) is 1.38. The largest absolute Gasteiger partial charge is 0.321 e. The molecule has 2 rings (SSSR count). The van der Waals surface area contributed by atoms with Crippen molar-refractivity contribution in [3.8, 4) is 0 Å². The smallest absolute Gasteiger partial charge is 0.0488 e. The van der Waals surface area contributed by atoms with Gasteiger partial charge in [0.25, 0.3) is 0 Å². The van der Waals surface area contributed by atoms with Gasteiger partial charge in [0, 0.05) is 17.3 Å². The summed E-state index contributed by atoms with van der Waals surface area (Å²) >= 11 is 5.79. The number of nitrogens with one attached hydrogen (secondary N) is 2. The molecule has 2 aromatic carbocycles. The highest BCUT2D eigenvalue weighted by molar-refractivity contribution is 6.30. The van der Waals surface area contributed by atoms with Crippen LogP contribution in [0.25, 0.3) is 0 Å². The standard InChI is InChI=1S/C13H13ClN2/c14-12-6-8-13(9-7-12)16-15-10-11-4-2-1-3-5-11/h1-9,15-16H,10H2. The van der Waals surface area contributed by atoms with E-state index in [-0.39, 0.29) is 0 Å². The lowest BCUT2D eigenvalue weighted by molar-refractivity contribution is 0.801. The second-order valence-electron chi connectivity index (χ2n) is 3.47. The Morgan fingerprint density at radius 2 is 1.56 bits per heavy atom. The molecule has 2 N–H and O–H groups in total. The van der Waals surface area contributed by atoms with E-state index < -0.39 is 0 Å². The number of hydrogen-bond donors (Lipinski definition) is 2. The summed E-state index contributed by atoms with van der Waals surface area (Å²) in [5.74, 6) is 0. The number of rotatable bonds is 4. The number of anilines is 1. The third-order valence-electron chi connectivity index (χ3n) is 2.21. The van der Waals surface area contributed by atoms with E-state index in [4.69, 9.17) is 11.6 Å². The second kappa shape index (κ2) is 5.54. The summed E-state index contributed by atoms with van der Waals surface area (Å²) < 4.78 is 0. The van der Waals surface area contributed by atoms with Crippen LogP contribution in [0.2, 0.25) is 5.02 Å². The van der Waals surface area contributed by atoms with Crippen LogP contribution in [0.15, 0.2) is 54.6 Å². The molecule has 0 aliphatic rings. The Hall–Kier alpha value is -1.51. The molecular formula is C13H13ClN2. The molecule has 0 saturated heterocycles. The van der Waals surface area contributed by atoms with E-state index in [0.29, 0.717) is 0 Å². The van der Waals surface area contributed by atoms with Crippen LogP contribution < -0.4 is 10.9 Å². The molecular weight excluding hydrogens is 220 g/mol. The minimum Gasteiger partial charge on any atom is -0.321 e. The van der Waals surface area contributed by atoms with Gasteiger partial charge in [-0.05, 0) is 29.8 Å². The quantitative estimate of drug-likeness (QED) is 0.789. The van der Waals surface area contributed by atoms with Crippen LogP contribution in [0.4, 0.5) is 5.69 Å². The molecule has 0 heterocycles. The first-order chi connectivity index (χ1) is 7.84. The predicted octanol–water partition coefficient (Wildman–Crippen LogP) is 3.46. The molecule has 0 fully saturated rings.